The van der Waals surface area contributed by atoms with E-state index in [0.717, 1.165) is 33.4 Å². The summed E-state index contributed by atoms with van der Waals surface area (Å²) >= 11 is 0.762. The molecule has 0 fully saturated rings. The highest BCUT2D eigenvalue weighted by atomic mass is 32.1. The number of hydrogen-bond acceptors (Lipinski definition) is 4. The smallest absolute Gasteiger partial charge is 0.417 e. The zero-order valence-electron chi connectivity index (χ0n) is 16.7. The Morgan fingerprint density at radius 1 is 1.12 bits per heavy atom. The predicted octanol–water partition coefficient (Wildman–Crippen LogP) is 6.40. The molecule has 11 heteroatoms. The van der Waals surface area contributed by atoms with Gasteiger partial charge in [0.25, 0.3) is 0 Å². The molecule has 0 spiro atoms. The number of nitrogens with one attached hydrogen (secondary N) is 1. The lowest BCUT2D eigenvalue weighted by molar-refractivity contribution is -0.137. The van der Waals surface area contributed by atoms with Gasteiger partial charge in [-0.25, -0.2) is 9.80 Å². The van der Waals surface area contributed by atoms with Crippen LogP contribution in [0.2, 0.25) is 0 Å². The first-order valence-corrected chi connectivity index (χ1v) is 10.5. The third-order valence-electron chi connectivity index (χ3n) is 4.88. The van der Waals surface area contributed by atoms with E-state index in [1.165, 1.54) is 12.1 Å². The standard InChI is InChI=1S/C22H16F5N3O2S/c23-20(24)32-16-8-6-14(7-9-16)19-17(13-4-2-1-3-5-13)11-30(29-19)21(31)28-18-10-15(12-33-18)22(25,26)27/h1-10,12,17,20H,11H2,(H,28,31). The van der Waals surface area contributed by atoms with Crippen LogP contribution in [0, 0.1) is 0 Å². The number of ether oxygens (including phenoxy) is 1. The van der Waals surface area contributed by atoms with Gasteiger partial charge in [-0.1, -0.05) is 30.3 Å². The maximum Gasteiger partial charge on any atom is 0.417 e. The zero-order chi connectivity index (χ0) is 23.6. The molecule has 1 aliphatic rings. The van der Waals surface area contributed by atoms with Crippen LogP contribution in [0.15, 0.2) is 71.1 Å². The van der Waals surface area contributed by atoms with Crippen molar-refractivity contribution in [1.82, 2.24) is 5.01 Å². The second-order valence-electron chi connectivity index (χ2n) is 7.06. The lowest BCUT2D eigenvalue weighted by Gasteiger charge is -2.15. The number of amides is 2. The predicted molar refractivity (Wildman–Crippen MR) is 114 cm³/mol. The van der Waals surface area contributed by atoms with Crippen LogP contribution in [0.25, 0.3) is 0 Å². The van der Waals surface area contributed by atoms with E-state index in [-0.39, 0.29) is 23.2 Å². The molecule has 33 heavy (non-hydrogen) atoms. The lowest BCUT2D eigenvalue weighted by Crippen LogP contribution is -2.30. The highest BCUT2D eigenvalue weighted by molar-refractivity contribution is 7.14. The Labute approximate surface area is 189 Å². The molecule has 2 aromatic carbocycles. The normalized spacial score (nSPS) is 16.1. The summed E-state index contributed by atoms with van der Waals surface area (Å²) in [5, 5.41) is 8.94. The number of nitrogens with zero attached hydrogens (tertiary/aromatic N) is 2. The molecule has 0 saturated heterocycles. The van der Waals surface area contributed by atoms with Gasteiger partial charge in [0.2, 0.25) is 0 Å². The molecule has 1 N–H and O–H groups in total. The second-order valence-corrected chi connectivity index (χ2v) is 7.97. The third-order valence-corrected chi connectivity index (χ3v) is 5.73. The van der Waals surface area contributed by atoms with Crippen molar-refractivity contribution < 1.29 is 31.5 Å². The summed E-state index contributed by atoms with van der Waals surface area (Å²) in [6, 6.07) is 15.3. The minimum absolute atomic E-state index is 0.0172. The topological polar surface area (TPSA) is 53.9 Å². The quantitative estimate of drug-likeness (QED) is 0.429. The van der Waals surface area contributed by atoms with E-state index >= 15 is 0 Å². The third kappa shape index (κ3) is 5.30. The molecule has 0 radical (unpaired) electrons. The van der Waals surface area contributed by atoms with Gasteiger partial charge >= 0.3 is 18.8 Å². The molecule has 172 valence electrons. The molecular formula is C22H16F5N3O2S. The number of halogens is 5. The first-order valence-electron chi connectivity index (χ1n) is 9.63. The van der Waals surface area contributed by atoms with E-state index in [0.29, 0.717) is 11.3 Å². The SMILES string of the molecule is O=C(Nc1cc(C(F)(F)F)cs1)N1CC(c2ccccc2)C(c2ccc(OC(F)F)cc2)=N1. The van der Waals surface area contributed by atoms with Gasteiger partial charge < -0.3 is 4.74 Å². The molecule has 5 nitrogen and oxygen atoms in total. The number of hydrazone groups is 1. The Morgan fingerprint density at radius 2 is 1.82 bits per heavy atom. The number of alkyl halides is 5. The summed E-state index contributed by atoms with van der Waals surface area (Å²) in [6.07, 6.45) is -4.50. The molecule has 1 atom stereocenters. The molecule has 0 saturated carbocycles. The number of thiophene rings is 1. The Morgan fingerprint density at radius 3 is 2.42 bits per heavy atom. The minimum Gasteiger partial charge on any atom is -0.435 e. The van der Waals surface area contributed by atoms with Gasteiger partial charge in [-0.05, 0) is 41.5 Å². The van der Waals surface area contributed by atoms with Crippen molar-refractivity contribution in [3.8, 4) is 5.75 Å². The highest BCUT2D eigenvalue weighted by Gasteiger charge is 2.34. The van der Waals surface area contributed by atoms with Gasteiger partial charge in [-0.3, -0.25) is 5.32 Å². The molecule has 2 heterocycles. The van der Waals surface area contributed by atoms with Crippen molar-refractivity contribution in [3.05, 3.63) is 82.7 Å². The van der Waals surface area contributed by atoms with Crippen molar-refractivity contribution in [2.75, 3.05) is 11.9 Å². The number of carbonyl (C=O) groups excluding carboxylic acids is 1. The van der Waals surface area contributed by atoms with Crippen LogP contribution in [-0.2, 0) is 6.18 Å². The van der Waals surface area contributed by atoms with Gasteiger partial charge in [-0.15, -0.1) is 11.3 Å². The van der Waals surface area contributed by atoms with E-state index in [4.69, 9.17) is 0 Å². The van der Waals surface area contributed by atoms with E-state index in [1.54, 1.807) is 12.1 Å². The summed E-state index contributed by atoms with van der Waals surface area (Å²) in [5.41, 5.74) is 1.13. The van der Waals surface area contributed by atoms with Gasteiger partial charge in [0.05, 0.1) is 22.8 Å². The van der Waals surface area contributed by atoms with Gasteiger partial charge in [0.1, 0.15) is 5.75 Å². The molecule has 3 aromatic rings. The molecule has 0 bridgehead atoms. The van der Waals surface area contributed by atoms with Crippen LogP contribution in [0.4, 0.5) is 31.7 Å². The average Bonchev–Trinajstić information content (AvgIpc) is 3.42. The molecule has 1 aromatic heterocycles. The maximum atomic E-state index is 12.8. The fraction of sp³-hybridized carbons (Fsp3) is 0.182. The summed E-state index contributed by atoms with van der Waals surface area (Å²) in [4.78, 5) is 12.7. The summed E-state index contributed by atoms with van der Waals surface area (Å²) in [5.74, 6) is -0.343. The summed E-state index contributed by atoms with van der Waals surface area (Å²) in [7, 11) is 0. The van der Waals surface area contributed by atoms with Gasteiger partial charge in [0.15, 0.2) is 0 Å². The van der Waals surface area contributed by atoms with E-state index < -0.39 is 24.4 Å². The first kappa shape index (κ1) is 22.7. The van der Waals surface area contributed by atoms with E-state index in [1.807, 2.05) is 30.3 Å². The van der Waals surface area contributed by atoms with Crippen molar-refractivity contribution in [3.63, 3.8) is 0 Å². The number of benzene rings is 2. The Balaban J connectivity index is 1.58. The van der Waals surface area contributed by atoms with Gasteiger partial charge in [0, 0.05) is 11.3 Å². The van der Waals surface area contributed by atoms with Crippen LogP contribution >= 0.6 is 11.3 Å². The fourth-order valence-electron chi connectivity index (χ4n) is 3.36. The lowest BCUT2D eigenvalue weighted by atomic mass is 9.90. The molecule has 1 unspecified atom stereocenters. The monoisotopic (exact) mass is 481 g/mol. The molecule has 1 aliphatic heterocycles. The largest absolute Gasteiger partial charge is 0.435 e. The number of hydrogen-bond donors (Lipinski definition) is 1. The number of carbonyl (C=O) groups is 1. The van der Waals surface area contributed by atoms with Crippen molar-refractivity contribution in [1.29, 1.82) is 0 Å². The van der Waals surface area contributed by atoms with E-state index in [2.05, 4.69) is 15.2 Å². The van der Waals surface area contributed by atoms with Gasteiger partial charge in [-0.2, -0.15) is 27.1 Å². The van der Waals surface area contributed by atoms with Crippen LogP contribution in [0.1, 0.15) is 22.6 Å². The fourth-order valence-corrected chi connectivity index (χ4v) is 4.16. The first-order chi connectivity index (χ1) is 15.7. The zero-order valence-corrected chi connectivity index (χ0v) is 17.5. The Kier molecular flexibility index (Phi) is 6.32. The van der Waals surface area contributed by atoms with Crippen molar-refractivity contribution >= 4 is 28.1 Å². The van der Waals surface area contributed by atoms with Crippen LogP contribution in [0.3, 0.4) is 0 Å². The molecule has 4 rings (SSSR count). The Bertz CT molecular complexity index is 1150. The maximum absolute atomic E-state index is 12.8. The number of urea groups is 1. The summed E-state index contributed by atoms with van der Waals surface area (Å²) < 4.78 is 67.7. The van der Waals surface area contributed by atoms with Crippen molar-refractivity contribution in [2.45, 2.75) is 18.7 Å². The molecule has 2 amide bonds. The van der Waals surface area contributed by atoms with Crippen LogP contribution in [-0.4, -0.2) is 29.9 Å². The van der Waals surface area contributed by atoms with Crippen molar-refractivity contribution in [2.24, 2.45) is 5.10 Å². The molecule has 0 aliphatic carbocycles. The van der Waals surface area contributed by atoms with Crippen LogP contribution < -0.4 is 10.1 Å². The minimum atomic E-state index is -4.50. The van der Waals surface area contributed by atoms with E-state index in [9.17, 15) is 26.7 Å². The number of anilines is 1. The number of rotatable bonds is 5. The second kappa shape index (κ2) is 9.18. The average molecular weight is 481 g/mol. The molecular weight excluding hydrogens is 465 g/mol. The summed E-state index contributed by atoms with van der Waals surface area (Å²) in [6.45, 7) is -2.80. The highest BCUT2D eigenvalue weighted by Crippen LogP contribution is 2.35. The Hall–Kier alpha value is -3.47. The van der Waals surface area contributed by atoms with Crippen LogP contribution in [0.5, 0.6) is 5.75 Å².